The van der Waals surface area contributed by atoms with Gasteiger partial charge in [0.15, 0.2) is 0 Å². The van der Waals surface area contributed by atoms with Gasteiger partial charge in [0.05, 0.1) is 0 Å². The summed E-state index contributed by atoms with van der Waals surface area (Å²) in [5.74, 6) is 1.28. The molecule has 5 heteroatoms. The molecule has 2 heterocycles. The molecule has 0 aromatic carbocycles. The van der Waals surface area contributed by atoms with Crippen molar-refractivity contribution >= 4 is 11.8 Å². The number of hydrogen-bond donors (Lipinski definition) is 2. The lowest BCUT2D eigenvalue weighted by Crippen LogP contribution is -2.43. The van der Waals surface area contributed by atoms with Crippen LogP contribution in [0.25, 0.3) is 0 Å². The molecule has 1 saturated heterocycles. The molecule has 24 heavy (non-hydrogen) atoms. The van der Waals surface area contributed by atoms with E-state index in [1.165, 1.54) is 5.57 Å². The Kier molecular flexibility index (Phi) is 6.75. The molecule has 128 valence electrons. The summed E-state index contributed by atoms with van der Waals surface area (Å²) in [5, 5.41) is 3.60. The Bertz CT molecular complexity index is 604. The van der Waals surface area contributed by atoms with Gasteiger partial charge in [-0.1, -0.05) is 43.5 Å². The number of nitrogens with two attached hydrogens (primary N) is 1. The highest BCUT2D eigenvalue weighted by Gasteiger charge is 2.21. The molecule has 0 unspecified atom stereocenters. The van der Waals surface area contributed by atoms with Gasteiger partial charge in [-0.05, 0) is 25.3 Å². The van der Waals surface area contributed by atoms with E-state index in [1.54, 1.807) is 12.1 Å². The van der Waals surface area contributed by atoms with Crippen LogP contribution in [-0.4, -0.2) is 35.6 Å². The van der Waals surface area contributed by atoms with Crippen molar-refractivity contribution in [3.8, 4) is 0 Å². The molecule has 0 spiro atoms. The zero-order valence-corrected chi connectivity index (χ0v) is 14.4. The van der Waals surface area contributed by atoms with Crippen LogP contribution in [0, 0.1) is 6.92 Å². The molecule has 0 bridgehead atoms. The molecule has 0 atom stereocenters. The molecule has 1 fully saturated rings. The lowest BCUT2D eigenvalue weighted by Gasteiger charge is -2.32. The van der Waals surface area contributed by atoms with Gasteiger partial charge in [0.25, 0.3) is 0 Å². The summed E-state index contributed by atoms with van der Waals surface area (Å²) in [6.45, 7) is 12.2. The fourth-order valence-electron chi connectivity index (χ4n) is 2.72. The maximum absolute atomic E-state index is 5.82. The largest absolute Gasteiger partial charge is 0.384 e. The van der Waals surface area contributed by atoms with Gasteiger partial charge in [-0.25, -0.2) is 4.98 Å². The van der Waals surface area contributed by atoms with Gasteiger partial charge in [0.1, 0.15) is 5.82 Å². The first-order valence-electron chi connectivity index (χ1n) is 8.32. The van der Waals surface area contributed by atoms with Crippen LogP contribution >= 0.6 is 0 Å². The van der Waals surface area contributed by atoms with Crippen LogP contribution in [-0.2, 0) is 0 Å². The number of aryl methyl sites for hydroxylation is 1. The normalized spacial score (nSPS) is 16.5. The van der Waals surface area contributed by atoms with Crippen molar-refractivity contribution in [2.24, 2.45) is 0 Å². The Balaban J connectivity index is 1.84. The summed E-state index contributed by atoms with van der Waals surface area (Å²) in [5.41, 5.74) is 7.90. The summed E-state index contributed by atoms with van der Waals surface area (Å²) in [6.07, 6.45) is 11.7. The highest BCUT2D eigenvalue weighted by atomic mass is 15.3. The fraction of sp³-hybridized carbons (Fsp3) is 0.368. The van der Waals surface area contributed by atoms with Crippen LogP contribution in [0.2, 0.25) is 0 Å². The van der Waals surface area contributed by atoms with E-state index >= 15 is 0 Å². The Morgan fingerprint density at radius 3 is 2.71 bits per heavy atom. The van der Waals surface area contributed by atoms with Crippen molar-refractivity contribution < 1.29 is 0 Å². The molecular weight excluding hydrogens is 298 g/mol. The molecule has 5 nitrogen and oxygen atoms in total. The summed E-state index contributed by atoms with van der Waals surface area (Å²) in [4.78, 5) is 11.0. The minimum absolute atomic E-state index is 0.496. The number of nitrogens with zero attached hydrogens (tertiary/aromatic N) is 3. The molecule has 0 radical (unpaired) electrons. The van der Waals surface area contributed by atoms with Gasteiger partial charge in [-0.3, -0.25) is 0 Å². The van der Waals surface area contributed by atoms with Crippen molar-refractivity contribution in [1.29, 1.82) is 0 Å². The lowest BCUT2D eigenvalue weighted by molar-refractivity contribution is 0.425. The fourth-order valence-corrected chi connectivity index (χ4v) is 2.72. The number of piperidine rings is 1. The zero-order chi connectivity index (χ0) is 17.4. The Morgan fingerprint density at radius 1 is 1.33 bits per heavy atom. The van der Waals surface area contributed by atoms with E-state index in [9.17, 15) is 0 Å². The van der Waals surface area contributed by atoms with E-state index in [0.29, 0.717) is 11.9 Å². The predicted molar refractivity (Wildman–Crippen MR) is 102 cm³/mol. The number of nitrogen functional groups attached to an aromatic ring is 1. The van der Waals surface area contributed by atoms with E-state index in [0.717, 1.165) is 44.1 Å². The van der Waals surface area contributed by atoms with Gasteiger partial charge < -0.3 is 16.0 Å². The number of nitrogens with one attached hydrogen (secondary N) is 1. The topological polar surface area (TPSA) is 67.1 Å². The molecular formula is C19H27N5. The molecule has 3 N–H and O–H groups in total. The van der Waals surface area contributed by atoms with Crippen molar-refractivity contribution in [2.75, 3.05) is 30.3 Å². The zero-order valence-electron chi connectivity index (χ0n) is 14.4. The van der Waals surface area contributed by atoms with Gasteiger partial charge >= 0.3 is 0 Å². The van der Waals surface area contributed by atoms with Crippen molar-refractivity contribution in [3.63, 3.8) is 0 Å². The third-order valence-electron chi connectivity index (χ3n) is 4.05. The summed E-state index contributed by atoms with van der Waals surface area (Å²) in [7, 11) is 0. The molecule has 0 saturated carbocycles. The van der Waals surface area contributed by atoms with E-state index in [-0.39, 0.29) is 0 Å². The third kappa shape index (κ3) is 5.35. The van der Waals surface area contributed by atoms with Crippen molar-refractivity contribution in [2.45, 2.75) is 25.8 Å². The second kappa shape index (κ2) is 9.03. The molecule has 1 aliphatic rings. The van der Waals surface area contributed by atoms with Crippen LogP contribution in [0.5, 0.6) is 0 Å². The monoisotopic (exact) mass is 325 g/mol. The van der Waals surface area contributed by atoms with Crippen LogP contribution in [0.4, 0.5) is 11.8 Å². The van der Waals surface area contributed by atoms with E-state index in [2.05, 4.69) is 39.4 Å². The minimum Gasteiger partial charge on any atom is -0.384 e. The maximum Gasteiger partial charge on any atom is 0.227 e. The first-order chi connectivity index (χ1) is 11.6. The Morgan fingerprint density at radius 2 is 2.08 bits per heavy atom. The third-order valence-corrected chi connectivity index (χ3v) is 4.05. The average Bonchev–Trinajstić information content (AvgIpc) is 2.57. The summed E-state index contributed by atoms with van der Waals surface area (Å²) < 4.78 is 0. The van der Waals surface area contributed by atoms with Crippen LogP contribution in [0.1, 0.15) is 18.5 Å². The highest BCUT2D eigenvalue weighted by Crippen LogP contribution is 2.18. The number of allylic oxidation sites excluding steroid dienone is 4. The number of hydrogen-bond acceptors (Lipinski definition) is 5. The van der Waals surface area contributed by atoms with Crippen LogP contribution < -0.4 is 16.0 Å². The molecule has 2 rings (SSSR count). The second-order valence-corrected chi connectivity index (χ2v) is 5.94. The van der Waals surface area contributed by atoms with Gasteiger partial charge in [-0.2, -0.15) is 4.98 Å². The second-order valence-electron chi connectivity index (χ2n) is 5.94. The standard InChI is InChI=1S/C19H27N5/c1-4-6-7-8-16(5-2)14-21-17-9-11-24(12-10-17)19-22-15(3)13-18(20)23-19/h4-8,13,17,21H,1-2,9-12,14H2,3H3,(H2,20,22,23)/b7-6-,16-8+. The smallest absolute Gasteiger partial charge is 0.227 e. The summed E-state index contributed by atoms with van der Waals surface area (Å²) >= 11 is 0. The number of rotatable bonds is 7. The Hall–Kier alpha value is -2.40. The molecule has 0 aliphatic carbocycles. The van der Waals surface area contributed by atoms with Crippen LogP contribution in [0.15, 0.2) is 55.2 Å². The van der Waals surface area contributed by atoms with Crippen molar-refractivity contribution in [3.05, 3.63) is 60.9 Å². The van der Waals surface area contributed by atoms with Crippen LogP contribution in [0.3, 0.4) is 0 Å². The highest BCUT2D eigenvalue weighted by molar-refractivity contribution is 5.40. The SMILES string of the molecule is C=C/C=C\C=C(/C=C)CNC1CCN(c2nc(C)cc(N)n2)CC1. The number of aromatic nitrogens is 2. The summed E-state index contributed by atoms with van der Waals surface area (Å²) in [6, 6.07) is 2.29. The van der Waals surface area contributed by atoms with Gasteiger partial charge in [0, 0.05) is 37.4 Å². The van der Waals surface area contributed by atoms with E-state index in [1.807, 2.05) is 25.2 Å². The van der Waals surface area contributed by atoms with Gasteiger partial charge in [-0.15, -0.1) is 0 Å². The predicted octanol–water partition coefficient (Wildman–Crippen LogP) is 2.78. The minimum atomic E-state index is 0.496. The Labute approximate surface area is 144 Å². The molecule has 0 amide bonds. The molecule has 1 aliphatic heterocycles. The van der Waals surface area contributed by atoms with E-state index in [4.69, 9.17) is 5.73 Å². The lowest BCUT2D eigenvalue weighted by atomic mass is 10.0. The average molecular weight is 325 g/mol. The molecule has 1 aromatic heterocycles. The number of anilines is 2. The quantitative estimate of drug-likeness (QED) is 0.755. The first kappa shape index (κ1) is 17.9. The van der Waals surface area contributed by atoms with E-state index < -0.39 is 0 Å². The first-order valence-corrected chi connectivity index (χ1v) is 8.32. The van der Waals surface area contributed by atoms with Gasteiger partial charge in [0.2, 0.25) is 5.95 Å². The molecule has 1 aromatic rings. The van der Waals surface area contributed by atoms with Crippen molar-refractivity contribution in [1.82, 2.24) is 15.3 Å². The maximum atomic E-state index is 5.82.